The lowest BCUT2D eigenvalue weighted by Gasteiger charge is -2.34. The Hall–Kier alpha value is -7.94. The van der Waals surface area contributed by atoms with E-state index in [-0.39, 0.29) is 0 Å². The molecule has 1 aromatic heterocycles. The van der Waals surface area contributed by atoms with Gasteiger partial charge in [-0.2, -0.15) is 0 Å². The van der Waals surface area contributed by atoms with E-state index in [0.717, 1.165) is 28.1 Å². The van der Waals surface area contributed by atoms with Crippen LogP contribution in [0.2, 0.25) is 0 Å². The Bertz CT molecular complexity index is 3350. The summed E-state index contributed by atoms with van der Waals surface area (Å²) in [6.07, 6.45) is 0. The van der Waals surface area contributed by atoms with Gasteiger partial charge in [0, 0.05) is 16.7 Å². The molecule has 0 spiro atoms. The molecule has 0 atom stereocenters. The van der Waals surface area contributed by atoms with E-state index in [1.165, 1.54) is 76.8 Å². The summed E-state index contributed by atoms with van der Waals surface area (Å²) in [7, 11) is 0. The molecule has 0 amide bonds. The van der Waals surface area contributed by atoms with Crippen LogP contribution >= 0.6 is 0 Å². The molecule has 2 nitrogen and oxygen atoms in total. The highest BCUT2D eigenvalue weighted by atomic mass is 14.9. The van der Waals surface area contributed by atoms with Crippen LogP contribution in [0.25, 0.3) is 88.5 Å². The monoisotopic (exact) mass is 774 g/mol. The standard InChI is InChI=1S/C59H38N2/c1-5-18-39(19-6-1)55-38-56(40-20-7-2-8-21-40)61-58(60-55)42-33-35-51-52(36-42)47-27-14-13-26-46(47)50-30-17-29-45(57(50)51)41-32-34-49-48-28-15-16-31-53(48)59(54(49)37-41,43-22-9-3-10-23-43)44-24-11-4-12-25-44/h1-38H. The number of hydrogen-bond acceptors (Lipinski definition) is 2. The highest BCUT2D eigenvalue weighted by Crippen LogP contribution is 2.57. The molecular weight excluding hydrogens is 737 g/mol. The lowest BCUT2D eigenvalue weighted by atomic mass is 9.67. The van der Waals surface area contributed by atoms with Crippen LogP contribution in [0.1, 0.15) is 22.3 Å². The van der Waals surface area contributed by atoms with Crippen LogP contribution < -0.4 is 0 Å². The molecular formula is C59H38N2. The first-order valence-electron chi connectivity index (χ1n) is 21.0. The van der Waals surface area contributed by atoms with Crippen molar-refractivity contribution in [1.82, 2.24) is 9.97 Å². The maximum atomic E-state index is 5.22. The number of aromatic nitrogens is 2. The fourth-order valence-electron chi connectivity index (χ4n) is 10.1. The number of fused-ring (bicyclic) bond motifs is 9. The minimum atomic E-state index is -0.481. The Morgan fingerprint density at radius 2 is 0.770 bits per heavy atom. The summed E-state index contributed by atoms with van der Waals surface area (Å²) in [6, 6.07) is 83.6. The average molecular weight is 775 g/mol. The SMILES string of the molecule is c1ccc(-c2cc(-c3ccccc3)nc(-c3ccc4c(c3)c3ccccc3c3cccc(-c5ccc6c(c5)C(c5ccccc5)(c5ccccc5)c5ccccc5-6)c34)n2)cc1. The van der Waals surface area contributed by atoms with Crippen molar-refractivity contribution in [3.8, 4) is 56.2 Å². The molecule has 1 aliphatic rings. The van der Waals surface area contributed by atoms with Crippen LogP contribution in [0.4, 0.5) is 0 Å². The Kier molecular flexibility index (Phi) is 8.11. The van der Waals surface area contributed by atoms with Gasteiger partial charge in [0.25, 0.3) is 0 Å². The minimum Gasteiger partial charge on any atom is -0.228 e. The zero-order valence-corrected chi connectivity index (χ0v) is 33.3. The molecule has 0 saturated heterocycles. The van der Waals surface area contributed by atoms with Crippen LogP contribution in [-0.2, 0) is 5.41 Å². The summed E-state index contributed by atoms with van der Waals surface area (Å²) >= 11 is 0. The van der Waals surface area contributed by atoms with Gasteiger partial charge < -0.3 is 0 Å². The van der Waals surface area contributed by atoms with Crippen molar-refractivity contribution in [2.75, 3.05) is 0 Å². The molecule has 10 aromatic carbocycles. The predicted molar refractivity (Wildman–Crippen MR) is 254 cm³/mol. The first-order valence-corrected chi connectivity index (χ1v) is 21.0. The summed E-state index contributed by atoms with van der Waals surface area (Å²) in [5, 5.41) is 7.30. The number of rotatable bonds is 6. The fourth-order valence-corrected chi connectivity index (χ4v) is 10.1. The predicted octanol–water partition coefficient (Wildman–Crippen LogP) is 15.0. The van der Waals surface area contributed by atoms with E-state index in [9.17, 15) is 0 Å². The molecule has 0 aliphatic heterocycles. The molecule has 0 fully saturated rings. The number of nitrogens with zero attached hydrogens (tertiary/aromatic N) is 2. The van der Waals surface area contributed by atoms with Crippen molar-refractivity contribution >= 4 is 32.3 Å². The van der Waals surface area contributed by atoms with Crippen molar-refractivity contribution in [1.29, 1.82) is 0 Å². The molecule has 0 bridgehead atoms. The van der Waals surface area contributed by atoms with E-state index < -0.39 is 5.41 Å². The third-order valence-corrected chi connectivity index (χ3v) is 12.8. The molecule has 1 aliphatic carbocycles. The largest absolute Gasteiger partial charge is 0.228 e. The van der Waals surface area contributed by atoms with E-state index in [1.807, 2.05) is 12.1 Å². The highest BCUT2D eigenvalue weighted by molar-refractivity contribution is 6.28. The molecule has 11 aromatic rings. The van der Waals surface area contributed by atoms with Crippen LogP contribution in [0.15, 0.2) is 231 Å². The molecule has 0 N–H and O–H groups in total. The van der Waals surface area contributed by atoms with Gasteiger partial charge in [-0.3, -0.25) is 0 Å². The zero-order valence-electron chi connectivity index (χ0n) is 33.3. The second-order valence-electron chi connectivity index (χ2n) is 16.0. The molecule has 284 valence electrons. The van der Waals surface area contributed by atoms with Crippen molar-refractivity contribution in [3.63, 3.8) is 0 Å². The first-order chi connectivity index (χ1) is 30.3. The molecule has 0 unspecified atom stereocenters. The Balaban J connectivity index is 1.10. The van der Waals surface area contributed by atoms with Crippen molar-refractivity contribution < 1.29 is 0 Å². The summed E-state index contributed by atoms with van der Waals surface area (Å²) in [5.41, 5.74) is 14.5. The van der Waals surface area contributed by atoms with Gasteiger partial charge in [-0.05, 0) is 95.0 Å². The third kappa shape index (κ3) is 5.50. The van der Waals surface area contributed by atoms with Crippen LogP contribution in [-0.4, -0.2) is 9.97 Å². The fraction of sp³-hybridized carbons (Fsp3) is 0.0169. The van der Waals surface area contributed by atoms with Crippen molar-refractivity contribution in [3.05, 3.63) is 253 Å². The number of benzene rings is 10. The summed E-state index contributed by atoms with van der Waals surface area (Å²) < 4.78 is 0. The summed E-state index contributed by atoms with van der Waals surface area (Å²) in [6.45, 7) is 0. The lowest BCUT2D eigenvalue weighted by molar-refractivity contribution is 0.769. The maximum Gasteiger partial charge on any atom is 0.160 e. The number of hydrogen-bond donors (Lipinski definition) is 0. The van der Waals surface area contributed by atoms with Crippen LogP contribution in [0.3, 0.4) is 0 Å². The maximum absolute atomic E-state index is 5.22. The zero-order chi connectivity index (χ0) is 40.3. The van der Waals surface area contributed by atoms with Gasteiger partial charge in [-0.15, -0.1) is 0 Å². The van der Waals surface area contributed by atoms with Gasteiger partial charge in [0.1, 0.15) is 0 Å². The van der Waals surface area contributed by atoms with Gasteiger partial charge >= 0.3 is 0 Å². The lowest BCUT2D eigenvalue weighted by Crippen LogP contribution is -2.28. The summed E-state index contributed by atoms with van der Waals surface area (Å²) in [4.78, 5) is 10.4. The molecule has 0 radical (unpaired) electrons. The molecule has 2 heteroatoms. The average Bonchev–Trinajstić information content (AvgIpc) is 3.65. The van der Waals surface area contributed by atoms with Crippen LogP contribution in [0, 0.1) is 0 Å². The minimum absolute atomic E-state index is 0.481. The Morgan fingerprint density at radius 3 is 1.43 bits per heavy atom. The van der Waals surface area contributed by atoms with Crippen LogP contribution in [0.5, 0.6) is 0 Å². The normalized spacial score (nSPS) is 12.7. The van der Waals surface area contributed by atoms with E-state index in [4.69, 9.17) is 9.97 Å². The van der Waals surface area contributed by atoms with Gasteiger partial charge in [-0.25, -0.2) is 9.97 Å². The quantitative estimate of drug-likeness (QED) is 0.157. The summed E-state index contributed by atoms with van der Waals surface area (Å²) in [5.74, 6) is 0.705. The van der Waals surface area contributed by atoms with Gasteiger partial charge in [-0.1, -0.05) is 212 Å². The smallest absolute Gasteiger partial charge is 0.160 e. The molecule has 0 saturated carbocycles. The molecule has 61 heavy (non-hydrogen) atoms. The topological polar surface area (TPSA) is 25.8 Å². The second-order valence-corrected chi connectivity index (χ2v) is 16.0. The van der Waals surface area contributed by atoms with E-state index in [2.05, 4.69) is 218 Å². The Morgan fingerprint density at radius 1 is 0.279 bits per heavy atom. The molecule has 12 rings (SSSR count). The second kappa shape index (κ2) is 14.1. The first kappa shape index (κ1) is 35.0. The van der Waals surface area contributed by atoms with Gasteiger partial charge in [0.2, 0.25) is 0 Å². The van der Waals surface area contributed by atoms with Crippen molar-refractivity contribution in [2.45, 2.75) is 5.41 Å². The van der Waals surface area contributed by atoms with Gasteiger partial charge in [0.05, 0.1) is 16.8 Å². The Labute approximate surface area is 355 Å². The van der Waals surface area contributed by atoms with E-state index >= 15 is 0 Å². The van der Waals surface area contributed by atoms with Crippen molar-refractivity contribution in [2.24, 2.45) is 0 Å². The third-order valence-electron chi connectivity index (χ3n) is 12.8. The van der Waals surface area contributed by atoms with Gasteiger partial charge in [0.15, 0.2) is 5.82 Å². The van der Waals surface area contributed by atoms with E-state index in [0.29, 0.717) is 5.82 Å². The molecule has 1 heterocycles. The highest BCUT2D eigenvalue weighted by Gasteiger charge is 2.46. The van der Waals surface area contributed by atoms with E-state index in [1.54, 1.807) is 0 Å².